The van der Waals surface area contributed by atoms with Crippen molar-refractivity contribution in [1.82, 2.24) is 4.72 Å². The third-order valence-corrected chi connectivity index (χ3v) is 4.33. The molecule has 0 aliphatic carbocycles. The molecule has 2 rings (SSSR count). The summed E-state index contributed by atoms with van der Waals surface area (Å²) in [6.07, 6.45) is 4.00. The molecular weight excluding hydrogens is 369 g/mol. The van der Waals surface area contributed by atoms with Gasteiger partial charge in [-0.2, -0.15) is 0 Å². The Morgan fingerprint density at radius 2 is 1.29 bits per heavy atom. The van der Waals surface area contributed by atoms with E-state index >= 15 is 0 Å². The van der Waals surface area contributed by atoms with Crippen molar-refractivity contribution in [2.75, 3.05) is 0 Å². The maximum atomic E-state index is 11.8. The third kappa shape index (κ3) is 6.20. The summed E-state index contributed by atoms with van der Waals surface area (Å²) < 4.78 is 25.6. The molecule has 0 unspecified atom stereocenters. The minimum atomic E-state index is -3.89. The molecule has 7 heteroatoms. The highest BCUT2D eigenvalue weighted by Crippen LogP contribution is 2.12. The van der Waals surface area contributed by atoms with Crippen molar-refractivity contribution in [2.45, 2.75) is 0 Å². The number of hydrogen-bond acceptors (Lipinski definition) is 3. The number of carbonyl (C=O) groups is 1. The first-order valence-electron chi connectivity index (χ1n) is 6.78. The Balaban J connectivity index is 1.98. The fraction of sp³-hybridized carbons (Fsp3) is 0. The van der Waals surface area contributed by atoms with Crippen molar-refractivity contribution in [2.24, 2.45) is 0 Å². The Kier molecular flexibility index (Phi) is 6.20. The lowest BCUT2D eigenvalue weighted by Gasteiger charge is -2.00. The van der Waals surface area contributed by atoms with Crippen molar-refractivity contribution in [3.8, 4) is 0 Å². The molecule has 1 amide bonds. The van der Waals surface area contributed by atoms with Crippen LogP contribution in [0.5, 0.6) is 0 Å². The molecule has 0 aromatic heterocycles. The smallest absolute Gasteiger partial charge is 0.257 e. The van der Waals surface area contributed by atoms with Gasteiger partial charge >= 0.3 is 0 Å². The summed E-state index contributed by atoms with van der Waals surface area (Å²) >= 11 is 11.5. The molecule has 0 heterocycles. The van der Waals surface area contributed by atoms with E-state index in [1.54, 1.807) is 48.5 Å². The SMILES string of the molecule is O=C(C=Cc1ccc(Cl)cc1)NS(=O)(=O)C=Cc1ccc(Cl)cc1. The van der Waals surface area contributed by atoms with Crippen molar-refractivity contribution < 1.29 is 13.2 Å². The van der Waals surface area contributed by atoms with Gasteiger partial charge in [-0.15, -0.1) is 0 Å². The van der Waals surface area contributed by atoms with E-state index in [-0.39, 0.29) is 0 Å². The monoisotopic (exact) mass is 381 g/mol. The van der Waals surface area contributed by atoms with Crippen LogP contribution in [0.4, 0.5) is 0 Å². The first-order valence-corrected chi connectivity index (χ1v) is 9.08. The zero-order chi connectivity index (χ0) is 17.6. The van der Waals surface area contributed by atoms with Crippen LogP contribution in [0.15, 0.2) is 60.0 Å². The fourth-order valence-corrected chi connectivity index (χ4v) is 2.70. The van der Waals surface area contributed by atoms with Gasteiger partial charge in [0, 0.05) is 16.1 Å². The molecule has 0 atom stereocenters. The number of hydrogen-bond donors (Lipinski definition) is 1. The van der Waals surface area contributed by atoms with Crippen LogP contribution in [0.2, 0.25) is 10.0 Å². The lowest BCUT2D eigenvalue weighted by molar-refractivity contribution is -0.114. The molecule has 24 heavy (non-hydrogen) atoms. The van der Waals surface area contributed by atoms with Gasteiger partial charge in [0.15, 0.2) is 0 Å². The van der Waals surface area contributed by atoms with E-state index in [1.807, 2.05) is 4.72 Å². The van der Waals surface area contributed by atoms with Gasteiger partial charge in [0.2, 0.25) is 0 Å². The number of nitrogens with one attached hydrogen (secondary N) is 1. The molecule has 0 bridgehead atoms. The van der Waals surface area contributed by atoms with Crippen LogP contribution in [0, 0.1) is 0 Å². The molecule has 1 N–H and O–H groups in total. The maximum Gasteiger partial charge on any atom is 0.257 e. The lowest BCUT2D eigenvalue weighted by atomic mass is 10.2. The summed E-state index contributed by atoms with van der Waals surface area (Å²) in [5, 5.41) is 2.05. The largest absolute Gasteiger partial charge is 0.269 e. The van der Waals surface area contributed by atoms with Gasteiger partial charge in [-0.1, -0.05) is 47.5 Å². The molecule has 2 aromatic rings. The lowest BCUT2D eigenvalue weighted by Crippen LogP contribution is -2.26. The quantitative estimate of drug-likeness (QED) is 0.792. The summed E-state index contributed by atoms with van der Waals surface area (Å²) in [4.78, 5) is 11.7. The highest BCUT2D eigenvalue weighted by molar-refractivity contribution is 7.93. The number of halogens is 2. The number of benzene rings is 2. The molecule has 0 aliphatic heterocycles. The average Bonchev–Trinajstić information content (AvgIpc) is 2.53. The van der Waals surface area contributed by atoms with E-state index in [1.165, 1.54) is 12.2 Å². The minimum Gasteiger partial charge on any atom is -0.269 e. The van der Waals surface area contributed by atoms with Crippen molar-refractivity contribution in [3.63, 3.8) is 0 Å². The topological polar surface area (TPSA) is 63.2 Å². The summed E-state index contributed by atoms with van der Waals surface area (Å²) in [6, 6.07) is 13.4. The second-order valence-electron chi connectivity index (χ2n) is 4.75. The van der Waals surface area contributed by atoms with Gasteiger partial charge in [-0.25, -0.2) is 13.1 Å². The van der Waals surface area contributed by atoms with E-state index in [0.717, 1.165) is 17.0 Å². The van der Waals surface area contributed by atoms with Gasteiger partial charge in [0.1, 0.15) is 0 Å². The standard InChI is InChI=1S/C17H13Cl2NO3S/c18-15-6-1-13(2-7-15)5-10-17(21)20-24(22,23)12-11-14-3-8-16(19)9-4-14/h1-12H,(H,20,21). The number of carbonyl (C=O) groups excluding carboxylic acids is 1. The third-order valence-electron chi connectivity index (χ3n) is 2.85. The van der Waals surface area contributed by atoms with Crippen LogP contribution in [0.25, 0.3) is 12.2 Å². The second-order valence-corrected chi connectivity index (χ2v) is 7.19. The van der Waals surface area contributed by atoms with Crippen LogP contribution in [-0.4, -0.2) is 14.3 Å². The highest BCUT2D eigenvalue weighted by Gasteiger charge is 2.08. The highest BCUT2D eigenvalue weighted by atomic mass is 35.5. The Labute approximate surface area is 150 Å². The van der Waals surface area contributed by atoms with Crippen LogP contribution in [-0.2, 0) is 14.8 Å². The zero-order valence-electron chi connectivity index (χ0n) is 12.3. The number of rotatable bonds is 5. The Bertz CT molecular complexity index is 871. The molecule has 0 radical (unpaired) electrons. The van der Waals surface area contributed by atoms with Crippen LogP contribution in [0.1, 0.15) is 11.1 Å². The van der Waals surface area contributed by atoms with Crippen molar-refractivity contribution in [3.05, 3.63) is 81.2 Å². The Morgan fingerprint density at radius 1 is 0.833 bits per heavy atom. The van der Waals surface area contributed by atoms with Gasteiger partial charge in [0.05, 0.1) is 5.41 Å². The first-order chi connectivity index (χ1) is 11.3. The maximum absolute atomic E-state index is 11.8. The summed E-state index contributed by atoms with van der Waals surface area (Å²) in [7, 11) is -3.89. The van der Waals surface area contributed by atoms with Crippen LogP contribution >= 0.6 is 23.2 Å². The van der Waals surface area contributed by atoms with Gasteiger partial charge in [0.25, 0.3) is 15.9 Å². The van der Waals surface area contributed by atoms with E-state index in [0.29, 0.717) is 15.6 Å². The normalized spacial score (nSPS) is 11.9. The van der Waals surface area contributed by atoms with Gasteiger partial charge in [-0.05, 0) is 47.5 Å². The van der Waals surface area contributed by atoms with Crippen molar-refractivity contribution in [1.29, 1.82) is 0 Å². The molecule has 124 valence electrons. The van der Waals surface area contributed by atoms with Gasteiger partial charge < -0.3 is 0 Å². The molecule has 0 aliphatic rings. The Hall–Kier alpha value is -2.08. The van der Waals surface area contributed by atoms with E-state index in [4.69, 9.17) is 23.2 Å². The molecule has 2 aromatic carbocycles. The van der Waals surface area contributed by atoms with Crippen molar-refractivity contribution >= 4 is 51.3 Å². The summed E-state index contributed by atoms with van der Waals surface area (Å²) in [6.45, 7) is 0. The molecule has 0 saturated heterocycles. The average molecular weight is 382 g/mol. The number of amides is 1. The van der Waals surface area contributed by atoms with E-state index in [2.05, 4.69) is 0 Å². The molecular formula is C17H13Cl2NO3S. The fourth-order valence-electron chi connectivity index (χ4n) is 1.70. The predicted octanol–water partition coefficient (Wildman–Crippen LogP) is 4.12. The minimum absolute atomic E-state index is 0.552. The molecule has 4 nitrogen and oxygen atoms in total. The zero-order valence-corrected chi connectivity index (χ0v) is 14.6. The van der Waals surface area contributed by atoms with Crippen LogP contribution in [0.3, 0.4) is 0 Å². The van der Waals surface area contributed by atoms with E-state index < -0.39 is 15.9 Å². The summed E-state index contributed by atoms with van der Waals surface area (Å²) in [5.74, 6) is -0.745. The summed E-state index contributed by atoms with van der Waals surface area (Å²) in [5.41, 5.74) is 1.37. The number of sulfonamides is 1. The van der Waals surface area contributed by atoms with E-state index in [9.17, 15) is 13.2 Å². The predicted molar refractivity (Wildman–Crippen MR) is 98.0 cm³/mol. The van der Waals surface area contributed by atoms with Crippen LogP contribution < -0.4 is 4.72 Å². The second kappa shape index (κ2) is 8.15. The molecule has 0 saturated carbocycles. The molecule has 0 fully saturated rings. The molecule has 0 spiro atoms. The van der Waals surface area contributed by atoms with Gasteiger partial charge in [-0.3, -0.25) is 4.79 Å². The Morgan fingerprint density at radius 3 is 1.79 bits per heavy atom. The first kappa shape index (κ1) is 18.3.